The molecule has 2 heterocycles. The highest BCUT2D eigenvalue weighted by Crippen LogP contribution is 2.44. The zero-order valence-corrected chi connectivity index (χ0v) is 18.6. The van der Waals surface area contributed by atoms with E-state index in [-0.39, 0.29) is 11.1 Å². The third kappa shape index (κ3) is 4.17. The Morgan fingerprint density at radius 1 is 1.29 bits per heavy atom. The van der Waals surface area contributed by atoms with E-state index in [1.807, 2.05) is 22.9 Å². The first-order valence-corrected chi connectivity index (χ1v) is 11.1. The van der Waals surface area contributed by atoms with E-state index in [1.165, 1.54) is 22.6 Å². The number of nitrogens with zero attached hydrogens (tertiary/aromatic N) is 4. The molecule has 0 saturated heterocycles. The third-order valence-electron chi connectivity index (χ3n) is 6.02. The van der Waals surface area contributed by atoms with Crippen molar-refractivity contribution < 1.29 is 4.92 Å². The summed E-state index contributed by atoms with van der Waals surface area (Å²) in [5, 5.41) is 21.4. The Hall–Kier alpha value is -3.24. The summed E-state index contributed by atoms with van der Waals surface area (Å²) in [6.45, 7) is 6.85. The number of aromatic nitrogens is 1. The SMILES string of the molecule is CC(C)(C)[C@H]1CCc2c(sc(N=Cc3cccn3-c3ccc([N+](=O)[O-])cc3)c2C#N)C1. The van der Waals surface area contributed by atoms with Gasteiger partial charge in [0.1, 0.15) is 11.1 Å². The van der Waals surface area contributed by atoms with E-state index in [9.17, 15) is 15.4 Å². The molecule has 0 spiro atoms. The van der Waals surface area contributed by atoms with Crippen molar-refractivity contribution in [2.24, 2.45) is 16.3 Å². The smallest absolute Gasteiger partial charge is 0.269 e. The second-order valence-electron chi connectivity index (χ2n) is 8.94. The summed E-state index contributed by atoms with van der Waals surface area (Å²) in [4.78, 5) is 16.5. The Morgan fingerprint density at radius 3 is 2.68 bits per heavy atom. The van der Waals surface area contributed by atoms with E-state index in [4.69, 9.17) is 0 Å². The summed E-state index contributed by atoms with van der Waals surface area (Å²) in [6, 6.07) is 12.6. The Kier molecular flexibility index (Phi) is 5.50. The van der Waals surface area contributed by atoms with Gasteiger partial charge >= 0.3 is 0 Å². The highest BCUT2D eigenvalue weighted by Gasteiger charge is 2.32. The summed E-state index contributed by atoms with van der Waals surface area (Å²) < 4.78 is 1.92. The fourth-order valence-electron chi connectivity index (χ4n) is 4.11. The molecule has 6 nitrogen and oxygen atoms in total. The number of hydrogen-bond acceptors (Lipinski definition) is 5. The summed E-state index contributed by atoms with van der Waals surface area (Å²) in [5.41, 5.74) is 3.85. The van der Waals surface area contributed by atoms with E-state index in [2.05, 4.69) is 31.8 Å². The molecule has 0 amide bonds. The Bertz CT molecular complexity index is 1190. The van der Waals surface area contributed by atoms with Gasteiger partial charge in [-0.25, -0.2) is 4.99 Å². The zero-order valence-electron chi connectivity index (χ0n) is 17.8. The van der Waals surface area contributed by atoms with Gasteiger partial charge in [-0.3, -0.25) is 10.1 Å². The van der Waals surface area contributed by atoms with Crippen LogP contribution in [0.4, 0.5) is 10.7 Å². The van der Waals surface area contributed by atoms with Crippen LogP contribution in [0.15, 0.2) is 47.6 Å². The Labute approximate surface area is 185 Å². The molecule has 158 valence electrons. The largest absolute Gasteiger partial charge is 0.316 e. The molecule has 1 aromatic carbocycles. The van der Waals surface area contributed by atoms with Gasteiger partial charge in [-0.2, -0.15) is 5.26 Å². The molecule has 0 N–H and O–H groups in total. The maximum atomic E-state index is 10.9. The minimum Gasteiger partial charge on any atom is -0.316 e. The zero-order chi connectivity index (χ0) is 22.2. The van der Waals surface area contributed by atoms with Crippen LogP contribution in [0.3, 0.4) is 0 Å². The molecule has 1 aliphatic carbocycles. The predicted molar refractivity (Wildman–Crippen MR) is 124 cm³/mol. The minimum absolute atomic E-state index is 0.0579. The molecule has 1 atom stereocenters. The van der Waals surface area contributed by atoms with Gasteiger partial charge in [-0.15, -0.1) is 11.3 Å². The van der Waals surface area contributed by atoms with Crippen LogP contribution in [0.5, 0.6) is 0 Å². The summed E-state index contributed by atoms with van der Waals surface area (Å²) in [7, 11) is 0. The van der Waals surface area contributed by atoms with Gasteiger partial charge < -0.3 is 4.57 Å². The molecule has 31 heavy (non-hydrogen) atoms. The maximum absolute atomic E-state index is 10.9. The van der Waals surface area contributed by atoms with Crippen molar-refractivity contribution in [2.75, 3.05) is 0 Å². The average Bonchev–Trinajstić information content (AvgIpc) is 3.34. The predicted octanol–water partition coefficient (Wildman–Crippen LogP) is 6.22. The van der Waals surface area contributed by atoms with E-state index in [0.717, 1.165) is 35.6 Å². The third-order valence-corrected chi connectivity index (χ3v) is 7.18. The van der Waals surface area contributed by atoms with Gasteiger partial charge in [0.25, 0.3) is 5.69 Å². The second-order valence-corrected chi connectivity index (χ2v) is 10.0. The molecule has 7 heteroatoms. The van der Waals surface area contributed by atoms with Crippen LogP contribution in [0.2, 0.25) is 0 Å². The second kappa shape index (κ2) is 8.12. The molecule has 4 rings (SSSR count). The first kappa shape index (κ1) is 21.0. The number of fused-ring (bicyclic) bond motifs is 1. The summed E-state index contributed by atoms with van der Waals surface area (Å²) in [5.74, 6) is 0.612. The molecule has 3 aromatic rings. The normalized spacial score (nSPS) is 16.3. The number of non-ortho nitro benzene ring substituents is 1. The van der Waals surface area contributed by atoms with Crippen molar-refractivity contribution in [3.05, 3.63) is 74.4 Å². The number of thiophene rings is 1. The van der Waals surface area contributed by atoms with Crippen molar-refractivity contribution in [3.63, 3.8) is 0 Å². The number of nitro groups is 1. The maximum Gasteiger partial charge on any atom is 0.269 e. The molecule has 0 aliphatic heterocycles. The number of nitriles is 1. The highest BCUT2D eigenvalue weighted by molar-refractivity contribution is 7.16. The van der Waals surface area contributed by atoms with Crippen molar-refractivity contribution in [1.82, 2.24) is 4.57 Å². The Balaban J connectivity index is 1.62. The van der Waals surface area contributed by atoms with Crippen molar-refractivity contribution in [1.29, 1.82) is 5.26 Å². The van der Waals surface area contributed by atoms with Crippen LogP contribution in [-0.4, -0.2) is 15.7 Å². The quantitative estimate of drug-likeness (QED) is 0.279. The van der Waals surface area contributed by atoms with Crippen LogP contribution in [-0.2, 0) is 12.8 Å². The molecular weight excluding hydrogens is 408 g/mol. The highest BCUT2D eigenvalue weighted by atomic mass is 32.1. The van der Waals surface area contributed by atoms with Crippen LogP contribution in [0, 0.1) is 32.8 Å². The van der Waals surface area contributed by atoms with Crippen LogP contribution in [0.1, 0.15) is 48.9 Å². The fourth-order valence-corrected chi connectivity index (χ4v) is 5.33. The molecule has 0 fully saturated rings. The van der Waals surface area contributed by atoms with Gasteiger partial charge in [-0.05, 0) is 60.4 Å². The average molecular weight is 433 g/mol. The number of aliphatic imine (C=N–C) groups is 1. The van der Waals surface area contributed by atoms with E-state index in [1.54, 1.807) is 29.7 Å². The van der Waals surface area contributed by atoms with Crippen molar-refractivity contribution in [2.45, 2.75) is 40.0 Å². The van der Waals surface area contributed by atoms with Gasteiger partial charge in [0.15, 0.2) is 0 Å². The number of rotatable bonds is 4. The lowest BCUT2D eigenvalue weighted by Gasteiger charge is -2.33. The molecule has 0 unspecified atom stereocenters. The van der Waals surface area contributed by atoms with Crippen molar-refractivity contribution in [3.8, 4) is 11.8 Å². The molecule has 1 aliphatic rings. The van der Waals surface area contributed by atoms with Crippen LogP contribution in [0.25, 0.3) is 5.69 Å². The first-order valence-electron chi connectivity index (χ1n) is 10.3. The van der Waals surface area contributed by atoms with Gasteiger partial charge in [0, 0.05) is 28.9 Å². The minimum atomic E-state index is -0.409. The van der Waals surface area contributed by atoms with E-state index in [0.29, 0.717) is 11.5 Å². The number of hydrogen-bond donors (Lipinski definition) is 0. The lowest BCUT2D eigenvalue weighted by Crippen LogP contribution is -2.26. The van der Waals surface area contributed by atoms with Crippen molar-refractivity contribution >= 4 is 28.2 Å². The molecule has 2 aromatic heterocycles. The molecule has 0 saturated carbocycles. The molecule has 0 bridgehead atoms. The lowest BCUT2D eigenvalue weighted by atomic mass is 9.72. The first-order chi connectivity index (χ1) is 14.8. The number of nitro benzene ring substituents is 1. The van der Waals surface area contributed by atoms with E-state index >= 15 is 0 Å². The molecular formula is C24H24N4O2S. The van der Waals surface area contributed by atoms with Gasteiger partial charge in [0.05, 0.1) is 22.4 Å². The van der Waals surface area contributed by atoms with Crippen LogP contribution >= 0.6 is 11.3 Å². The summed E-state index contributed by atoms with van der Waals surface area (Å²) in [6.07, 6.45) is 6.70. The molecule has 0 radical (unpaired) electrons. The standard InChI is InChI=1S/C24H24N4O2S/c1-24(2,3)16-6-11-20-21(14-25)23(31-22(20)13-16)26-15-19-5-4-12-27(19)17-7-9-18(10-8-17)28(29)30/h4-5,7-10,12,15-16H,6,11,13H2,1-3H3/t16-/m0/s1. The fraction of sp³-hybridized carbons (Fsp3) is 0.333. The Morgan fingerprint density at radius 2 is 2.03 bits per heavy atom. The topological polar surface area (TPSA) is 84.2 Å². The van der Waals surface area contributed by atoms with Gasteiger partial charge in [-0.1, -0.05) is 20.8 Å². The monoisotopic (exact) mass is 432 g/mol. The number of benzene rings is 1. The summed E-state index contributed by atoms with van der Waals surface area (Å²) >= 11 is 1.63. The van der Waals surface area contributed by atoms with Crippen LogP contribution < -0.4 is 0 Å². The van der Waals surface area contributed by atoms with E-state index < -0.39 is 4.92 Å². The lowest BCUT2D eigenvalue weighted by molar-refractivity contribution is -0.384. The van der Waals surface area contributed by atoms with Gasteiger partial charge in [0.2, 0.25) is 0 Å².